The number of aliphatic imine (C=N–C) groups is 1. The number of rotatable bonds is 5. The van der Waals surface area contributed by atoms with Gasteiger partial charge in [-0.3, -0.25) is 10.4 Å². The molecule has 1 aliphatic rings. The minimum Gasteiger partial charge on any atom is -0.286 e. The molecule has 160 valence electrons. The van der Waals surface area contributed by atoms with Crippen molar-refractivity contribution in [2.75, 3.05) is 5.01 Å². The van der Waals surface area contributed by atoms with Crippen molar-refractivity contribution in [3.63, 3.8) is 0 Å². The topological polar surface area (TPSA) is 27.6 Å². The Morgan fingerprint density at radius 1 is 1.10 bits per heavy atom. The highest BCUT2D eigenvalue weighted by Crippen LogP contribution is 2.41. The molecule has 2 atom stereocenters. The van der Waals surface area contributed by atoms with Crippen LogP contribution in [-0.4, -0.2) is 18.7 Å². The number of nitrogens with zero attached hydrogens (tertiary/aromatic N) is 2. The summed E-state index contributed by atoms with van der Waals surface area (Å²) in [6, 6.07) is 7.33. The first-order valence-corrected chi connectivity index (χ1v) is 10.4. The van der Waals surface area contributed by atoms with Crippen LogP contribution in [0.25, 0.3) is 6.08 Å². The van der Waals surface area contributed by atoms with Gasteiger partial charge in [0.15, 0.2) is 0 Å². The van der Waals surface area contributed by atoms with E-state index in [4.69, 9.17) is 46.4 Å². The number of benzene rings is 2. The maximum Gasteiger partial charge on any atom is 0.399 e. The average Bonchev–Trinajstić information content (AvgIpc) is 3.13. The Morgan fingerprint density at radius 2 is 1.77 bits per heavy atom. The first-order valence-electron chi connectivity index (χ1n) is 8.87. The lowest BCUT2D eigenvalue weighted by Crippen LogP contribution is -2.38. The van der Waals surface area contributed by atoms with Gasteiger partial charge in [0.2, 0.25) is 0 Å². The van der Waals surface area contributed by atoms with Gasteiger partial charge in [-0.1, -0.05) is 71.5 Å². The fraction of sp³-hybridized carbons (Fsp3) is 0.250. The summed E-state index contributed by atoms with van der Waals surface area (Å²) in [5.41, 5.74) is 4.08. The van der Waals surface area contributed by atoms with Crippen LogP contribution >= 0.6 is 46.4 Å². The maximum absolute atomic E-state index is 13.7. The summed E-state index contributed by atoms with van der Waals surface area (Å²) < 4.78 is 41.0. The summed E-state index contributed by atoms with van der Waals surface area (Å²) in [5.74, 6) is -1.92. The number of anilines is 1. The van der Waals surface area contributed by atoms with Gasteiger partial charge in [-0.15, -0.1) is 0 Å². The smallest absolute Gasteiger partial charge is 0.286 e. The van der Waals surface area contributed by atoms with Gasteiger partial charge in [-0.05, 0) is 41.8 Å². The van der Waals surface area contributed by atoms with Gasteiger partial charge in [0.05, 0.1) is 31.7 Å². The molecular formula is C20H16Cl4F3N3. The van der Waals surface area contributed by atoms with Crippen LogP contribution in [0.2, 0.25) is 20.1 Å². The molecule has 30 heavy (non-hydrogen) atoms. The lowest BCUT2D eigenvalue weighted by Gasteiger charge is -2.25. The fourth-order valence-corrected chi connectivity index (χ4v) is 3.94. The molecule has 1 N–H and O–H groups in total. The number of hydrogen-bond donors (Lipinski definition) is 1. The van der Waals surface area contributed by atoms with Gasteiger partial charge in [0, 0.05) is 0 Å². The molecule has 1 heterocycles. The third-order valence-electron chi connectivity index (χ3n) is 4.54. The molecular weight excluding hydrogens is 481 g/mol. The van der Waals surface area contributed by atoms with E-state index in [1.165, 1.54) is 6.08 Å². The van der Waals surface area contributed by atoms with Gasteiger partial charge in [-0.25, -0.2) is 4.99 Å². The van der Waals surface area contributed by atoms with E-state index in [0.717, 1.165) is 24.6 Å². The Kier molecular flexibility index (Phi) is 7.13. The molecule has 10 heteroatoms. The van der Waals surface area contributed by atoms with Crippen LogP contribution in [0.15, 0.2) is 41.4 Å². The van der Waals surface area contributed by atoms with Crippen LogP contribution in [0, 0.1) is 0 Å². The summed E-state index contributed by atoms with van der Waals surface area (Å²) in [5, 5.41) is 2.11. The second-order valence-electron chi connectivity index (χ2n) is 6.55. The minimum atomic E-state index is -4.55. The van der Waals surface area contributed by atoms with Crippen LogP contribution in [0.3, 0.4) is 0 Å². The minimum absolute atomic E-state index is 0.0132. The van der Waals surface area contributed by atoms with E-state index in [1.807, 2.05) is 6.92 Å². The van der Waals surface area contributed by atoms with Crippen molar-refractivity contribution in [2.45, 2.75) is 31.6 Å². The zero-order valence-corrected chi connectivity index (χ0v) is 18.5. The number of nitrogens with one attached hydrogen (secondary N) is 1. The predicted molar refractivity (Wildman–Crippen MR) is 119 cm³/mol. The fourth-order valence-electron chi connectivity index (χ4n) is 3.05. The normalized spacial score (nSPS) is 17.6. The number of hydrogen-bond acceptors (Lipinski definition) is 3. The highest BCUT2D eigenvalue weighted by molar-refractivity contribution is 6.48. The lowest BCUT2D eigenvalue weighted by molar-refractivity contribution is -0.139. The summed E-state index contributed by atoms with van der Waals surface area (Å²) in [6.45, 7) is 1.99. The molecule has 0 radical (unpaired) electrons. The molecule has 3 nitrogen and oxygen atoms in total. The highest BCUT2D eigenvalue weighted by atomic mass is 35.5. The molecule has 0 spiro atoms. The average molecular weight is 497 g/mol. The zero-order chi connectivity index (χ0) is 22.1. The summed E-state index contributed by atoms with van der Waals surface area (Å²) >= 11 is 24.0. The van der Waals surface area contributed by atoms with Crippen LogP contribution in [-0.2, 0) is 0 Å². The van der Waals surface area contributed by atoms with Gasteiger partial charge in [0.1, 0.15) is 12.5 Å². The second kappa shape index (κ2) is 9.27. The SMILES string of the molecule is CCC1N=CNN1c1ccc(/C=C/C(c2cc(Cl)c(Cl)c(Cl)c2)C(F)(F)F)cc1Cl. The molecule has 1 aliphatic heterocycles. The Hall–Kier alpha value is -1.60. The van der Waals surface area contributed by atoms with Crippen LogP contribution in [0.5, 0.6) is 0 Å². The molecule has 0 aromatic heterocycles. The van der Waals surface area contributed by atoms with E-state index in [0.29, 0.717) is 16.3 Å². The Labute approximate surface area is 192 Å². The first-order chi connectivity index (χ1) is 14.1. The summed E-state index contributed by atoms with van der Waals surface area (Å²) in [6.07, 6.45) is 0.0856. The molecule has 0 saturated heterocycles. The van der Waals surface area contributed by atoms with Gasteiger partial charge in [0.25, 0.3) is 0 Å². The largest absolute Gasteiger partial charge is 0.399 e. The van der Waals surface area contributed by atoms with E-state index in [-0.39, 0.29) is 26.8 Å². The molecule has 0 fully saturated rings. The Balaban J connectivity index is 1.89. The third-order valence-corrected chi connectivity index (χ3v) is 6.04. The molecule has 0 amide bonds. The van der Waals surface area contributed by atoms with Crippen molar-refractivity contribution in [3.8, 4) is 0 Å². The number of hydrazine groups is 1. The quantitative estimate of drug-likeness (QED) is 0.428. The standard InChI is InChI=1S/C20H16Cl4F3N3/c1-2-18-28-10-29-30(18)17-6-4-11(7-14(17)21)3-5-13(20(25,26)27)12-8-15(22)19(24)16(23)9-12/h3-10,13,18H,2H2,1H3,(H,28,29)/b5-3+. The molecule has 2 aromatic carbocycles. The molecule has 0 saturated carbocycles. The van der Waals surface area contributed by atoms with E-state index >= 15 is 0 Å². The van der Waals surface area contributed by atoms with Gasteiger partial charge < -0.3 is 0 Å². The van der Waals surface area contributed by atoms with Crippen molar-refractivity contribution in [2.24, 2.45) is 4.99 Å². The Bertz CT molecular complexity index is 969. The van der Waals surface area contributed by atoms with Crippen LogP contribution in [0.1, 0.15) is 30.4 Å². The zero-order valence-electron chi connectivity index (χ0n) is 15.5. The first kappa shape index (κ1) is 23.1. The number of halogens is 7. The van der Waals surface area contributed by atoms with E-state index in [2.05, 4.69) is 10.4 Å². The third kappa shape index (κ3) is 4.99. The molecule has 2 aromatic rings. The van der Waals surface area contributed by atoms with Gasteiger partial charge in [-0.2, -0.15) is 13.2 Å². The van der Waals surface area contributed by atoms with E-state index in [1.54, 1.807) is 29.5 Å². The second-order valence-corrected chi connectivity index (χ2v) is 8.15. The monoisotopic (exact) mass is 495 g/mol. The van der Waals surface area contributed by atoms with Crippen molar-refractivity contribution in [3.05, 3.63) is 67.6 Å². The summed E-state index contributed by atoms with van der Waals surface area (Å²) in [7, 11) is 0. The van der Waals surface area contributed by atoms with E-state index < -0.39 is 12.1 Å². The summed E-state index contributed by atoms with van der Waals surface area (Å²) in [4.78, 5) is 4.28. The molecule has 3 rings (SSSR count). The van der Waals surface area contributed by atoms with E-state index in [9.17, 15) is 13.2 Å². The lowest BCUT2D eigenvalue weighted by atomic mass is 9.97. The van der Waals surface area contributed by atoms with Crippen molar-refractivity contribution >= 4 is 64.5 Å². The van der Waals surface area contributed by atoms with Crippen molar-refractivity contribution < 1.29 is 13.2 Å². The van der Waals surface area contributed by atoms with Gasteiger partial charge >= 0.3 is 6.18 Å². The van der Waals surface area contributed by atoms with Crippen LogP contribution < -0.4 is 10.4 Å². The molecule has 0 aliphatic carbocycles. The molecule has 0 bridgehead atoms. The Morgan fingerprint density at radius 3 is 2.33 bits per heavy atom. The van der Waals surface area contributed by atoms with Crippen molar-refractivity contribution in [1.82, 2.24) is 5.43 Å². The maximum atomic E-state index is 13.7. The van der Waals surface area contributed by atoms with Crippen molar-refractivity contribution in [1.29, 1.82) is 0 Å². The number of alkyl halides is 3. The highest BCUT2D eigenvalue weighted by Gasteiger charge is 2.39. The predicted octanol–water partition coefficient (Wildman–Crippen LogP) is 7.75. The number of allylic oxidation sites excluding steroid dienone is 1. The molecule has 2 unspecified atom stereocenters. The van der Waals surface area contributed by atoms with Crippen LogP contribution in [0.4, 0.5) is 18.9 Å².